The van der Waals surface area contributed by atoms with Gasteiger partial charge in [-0.1, -0.05) is 48.5 Å². The molecular weight excluding hydrogens is 1100 g/mol. The van der Waals surface area contributed by atoms with Crippen molar-refractivity contribution in [2.75, 3.05) is 35.6 Å². The van der Waals surface area contributed by atoms with E-state index in [0.29, 0.717) is 40.3 Å². The minimum Gasteiger partial charge on any atom is -0.365 e. The Hall–Kier alpha value is -9.94. The third kappa shape index (κ3) is 14.0. The molecule has 3 N–H and O–H groups in total. The fraction of sp³-hybridized carbons (Fsp3) is 0.328. The van der Waals surface area contributed by atoms with Crippen LogP contribution in [0.4, 0.5) is 30.8 Å². The predicted molar refractivity (Wildman–Crippen MR) is 316 cm³/mol. The van der Waals surface area contributed by atoms with Crippen LogP contribution in [0, 0.1) is 6.92 Å². The van der Waals surface area contributed by atoms with Crippen LogP contribution < -0.4 is 16.0 Å². The topological polar surface area (TPSA) is 241 Å². The van der Waals surface area contributed by atoms with Gasteiger partial charge in [0.2, 0.25) is 5.95 Å². The summed E-state index contributed by atoms with van der Waals surface area (Å²) in [5.74, 6) is 1.62. The molecule has 3 aliphatic heterocycles. The highest BCUT2D eigenvalue weighted by Gasteiger charge is 2.37. The zero-order valence-electron chi connectivity index (χ0n) is 47.9. The van der Waals surface area contributed by atoms with Gasteiger partial charge in [-0.05, 0) is 126 Å². The smallest absolute Gasteiger partial charge is 0.365 e. The van der Waals surface area contributed by atoms with Crippen molar-refractivity contribution in [3.8, 4) is 17.1 Å². The lowest BCUT2D eigenvalue weighted by atomic mass is 9.96. The zero-order valence-corrected chi connectivity index (χ0v) is 47.9. The molecule has 0 bridgehead atoms. The Labute approximate surface area is 494 Å². The summed E-state index contributed by atoms with van der Waals surface area (Å²) in [6.45, 7) is 10.1. The Morgan fingerprint density at radius 1 is 0.442 bits per heavy atom. The van der Waals surface area contributed by atoms with Gasteiger partial charge in [-0.2, -0.15) is 58.2 Å². The SMILES string of the molecule is C[C@H]1[C@H](Nc2ccccn2)CCCN1C(=O)c1ccccc1-n1nccn1.C[C@H]1[C@H](Nc2ncc(C(F)(F)F)cn2)CCCN1C(=O)c1ccccc1-n1nccn1.Cc1ccc(N[C@@H]2CCCN(C(=O)c3ccccc3-n3nccn3)[C@H]2C)nc1. The quantitative estimate of drug-likeness (QED) is 0.103. The molecule has 9 heterocycles. The van der Waals surface area contributed by atoms with E-state index in [-0.39, 0.29) is 59.9 Å². The third-order valence-corrected chi connectivity index (χ3v) is 15.6. The lowest BCUT2D eigenvalue weighted by Gasteiger charge is -2.40. The summed E-state index contributed by atoms with van der Waals surface area (Å²) in [5.41, 5.74) is 3.87. The number of nitrogens with zero attached hydrogens (tertiary/aromatic N) is 16. The van der Waals surface area contributed by atoms with Gasteiger partial charge in [-0.3, -0.25) is 14.4 Å². The van der Waals surface area contributed by atoms with Gasteiger partial charge < -0.3 is 30.7 Å². The monoisotopic (exact) mass is 1170 g/mol. The van der Waals surface area contributed by atoms with E-state index in [2.05, 4.69) is 80.3 Å². The number of carbonyl (C=O) groups excluding carboxylic acids is 3. The molecule has 0 radical (unpaired) electrons. The van der Waals surface area contributed by atoms with Crippen LogP contribution in [-0.4, -0.2) is 153 Å². The number of hydrogen-bond donors (Lipinski definition) is 3. The largest absolute Gasteiger partial charge is 0.419 e. The highest BCUT2D eigenvalue weighted by Crippen LogP contribution is 2.31. The van der Waals surface area contributed by atoms with Gasteiger partial charge >= 0.3 is 6.18 Å². The maximum atomic E-state index is 13.4. The summed E-state index contributed by atoms with van der Waals surface area (Å²) in [5, 5.41) is 35.0. The summed E-state index contributed by atoms with van der Waals surface area (Å²) < 4.78 is 38.2. The van der Waals surface area contributed by atoms with E-state index >= 15 is 0 Å². The van der Waals surface area contributed by atoms with Crippen molar-refractivity contribution in [3.63, 3.8) is 0 Å². The molecule has 0 saturated carbocycles. The maximum absolute atomic E-state index is 13.4. The van der Waals surface area contributed by atoms with Crippen LogP contribution in [0.1, 0.15) is 101 Å². The molecule has 0 unspecified atom stereocenters. The summed E-state index contributed by atoms with van der Waals surface area (Å²) in [6.07, 6.45) is 15.5. The van der Waals surface area contributed by atoms with E-state index in [1.807, 2.05) is 109 Å². The van der Waals surface area contributed by atoms with E-state index in [4.69, 9.17) is 0 Å². The Kier molecular flexibility index (Phi) is 18.7. The Balaban J connectivity index is 0.000000143. The number of anilines is 3. The summed E-state index contributed by atoms with van der Waals surface area (Å²) in [4.78, 5) is 66.4. The van der Waals surface area contributed by atoms with Crippen LogP contribution >= 0.6 is 0 Å². The molecule has 3 fully saturated rings. The minimum absolute atomic E-state index is 0.00270. The first-order valence-electron chi connectivity index (χ1n) is 28.5. The molecule has 3 amide bonds. The van der Waals surface area contributed by atoms with Crippen molar-refractivity contribution in [3.05, 3.63) is 193 Å². The van der Waals surface area contributed by atoms with Crippen molar-refractivity contribution >= 4 is 35.3 Å². The first kappa shape index (κ1) is 59.2. The molecule has 86 heavy (non-hydrogen) atoms. The number of pyridine rings is 2. The summed E-state index contributed by atoms with van der Waals surface area (Å²) in [7, 11) is 0. The highest BCUT2D eigenvalue weighted by atomic mass is 19.4. The number of aryl methyl sites for hydroxylation is 1. The Morgan fingerprint density at radius 3 is 1.17 bits per heavy atom. The van der Waals surface area contributed by atoms with E-state index in [1.54, 1.807) is 60.1 Å². The number of hydrogen-bond acceptors (Lipinski definition) is 16. The maximum Gasteiger partial charge on any atom is 0.419 e. The number of nitrogens with one attached hydrogen (secondary N) is 3. The van der Waals surface area contributed by atoms with Crippen molar-refractivity contribution < 1.29 is 27.6 Å². The van der Waals surface area contributed by atoms with Crippen molar-refractivity contribution in [2.24, 2.45) is 0 Å². The van der Waals surface area contributed by atoms with Gasteiger partial charge in [-0.25, -0.2) is 19.9 Å². The molecule has 3 saturated heterocycles. The molecule has 25 heteroatoms. The van der Waals surface area contributed by atoms with Gasteiger partial charge in [0.1, 0.15) is 11.6 Å². The van der Waals surface area contributed by atoms with Crippen LogP contribution in [0.15, 0.2) is 165 Å². The van der Waals surface area contributed by atoms with E-state index in [0.717, 1.165) is 81.2 Å². The van der Waals surface area contributed by atoms with Gasteiger partial charge in [-0.15, -0.1) is 0 Å². The summed E-state index contributed by atoms with van der Waals surface area (Å²) in [6, 6.07) is 31.8. The average molecular weight is 1170 g/mol. The molecular formula is C61H66F3N19O3. The lowest BCUT2D eigenvalue weighted by Crippen LogP contribution is -2.52. The second-order valence-electron chi connectivity index (χ2n) is 21.1. The van der Waals surface area contributed by atoms with Crippen molar-refractivity contribution in [1.29, 1.82) is 0 Å². The number of aromatic nitrogens is 13. The number of rotatable bonds is 12. The van der Waals surface area contributed by atoms with Crippen LogP contribution in [-0.2, 0) is 6.18 Å². The molecule has 3 aromatic carbocycles. The Morgan fingerprint density at radius 2 is 0.814 bits per heavy atom. The first-order valence-corrected chi connectivity index (χ1v) is 28.5. The highest BCUT2D eigenvalue weighted by molar-refractivity contribution is 5.99. The first-order chi connectivity index (χ1) is 41.7. The lowest BCUT2D eigenvalue weighted by molar-refractivity contribution is -0.138. The minimum atomic E-state index is -4.49. The summed E-state index contributed by atoms with van der Waals surface area (Å²) >= 11 is 0. The normalized spacial score (nSPS) is 19.5. The van der Waals surface area contributed by atoms with Crippen LogP contribution in [0.2, 0.25) is 0 Å². The van der Waals surface area contributed by atoms with E-state index in [1.165, 1.54) is 26.8 Å². The second-order valence-corrected chi connectivity index (χ2v) is 21.1. The molecule has 6 atom stereocenters. The molecule has 3 aliphatic rings. The molecule has 12 rings (SSSR count). The van der Waals surface area contributed by atoms with Crippen LogP contribution in [0.3, 0.4) is 0 Å². The fourth-order valence-corrected chi connectivity index (χ4v) is 10.9. The molecule has 9 aromatic rings. The molecule has 0 aliphatic carbocycles. The number of alkyl halides is 3. The number of carbonyl (C=O) groups is 3. The fourth-order valence-electron chi connectivity index (χ4n) is 10.9. The van der Waals surface area contributed by atoms with Gasteiger partial charge in [0.05, 0.1) is 76.5 Å². The predicted octanol–water partition coefficient (Wildman–Crippen LogP) is 9.02. The number of benzene rings is 3. The second kappa shape index (κ2) is 27.2. The average Bonchev–Trinajstić information content (AvgIpc) is 2.75. The number of halogens is 3. The van der Waals surface area contributed by atoms with E-state index in [9.17, 15) is 27.6 Å². The van der Waals surface area contributed by atoms with Crippen LogP contribution in [0.5, 0.6) is 0 Å². The molecule has 6 aromatic heterocycles. The van der Waals surface area contributed by atoms with Gasteiger partial charge in [0, 0.05) is 80.7 Å². The number of para-hydroxylation sites is 3. The standard InChI is InChI=1S/C21H24N6O.C20H20F3N7O.C20H22N6O/c1-15-9-10-20(22-14-15)25-18-7-5-13-26(16(18)2)21(28)17-6-3-4-8-19(17)27-23-11-12-24-27;1-13-16(28-19-24-11-14(12-25-19)20(21,22)23)6-4-10-29(13)18(31)15-5-2-3-7-17(15)30-26-8-9-27-30;1-15-17(24-19-10-4-5-11-21-19)8-6-14-25(15)20(27)16-7-2-3-9-18(16)26-22-12-13-23-26/h3-4,6,8-12,14,16,18H,5,7,13H2,1-2H3,(H,22,25);2-3,5,7-9,11-13,16H,4,6,10H2,1H3,(H,24,25,28);2-5,7,9-13,15,17H,6,8,14H2,1H3,(H,21,24)/t16-,18+;13-,16+;15-,17+/m000/s1. The molecule has 22 nitrogen and oxygen atoms in total. The zero-order chi connectivity index (χ0) is 60.2. The third-order valence-electron chi connectivity index (χ3n) is 15.6. The van der Waals surface area contributed by atoms with E-state index < -0.39 is 11.7 Å². The molecule has 444 valence electrons. The van der Waals surface area contributed by atoms with Gasteiger partial charge in [0.15, 0.2) is 0 Å². The number of amides is 3. The number of likely N-dealkylation sites (tertiary alicyclic amines) is 3. The molecule has 0 spiro atoms. The van der Waals surface area contributed by atoms with Crippen molar-refractivity contribution in [1.82, 2.24) is 79.6 Å². The van der Waals surface area contributed by atoms with Crippen molar-refractivity contribution in [2.45, 2.75) is 109 Å². The number of piperidine rings is 3. The van der Waals surface area contributed by atoms with Crippen LogP contribution in [0.25, 0.3) is 17.1 Å². The van der Waals surface area contributed by atoms with Gasteiger partial charge in [0.25, 0.3) is 17.7 Å². The Bertz CT molecular complexity index is 3630.